The van der Waals surface area contributed by atoms with Crippen LogP contribution >= 0.6 is 0 Å². The third-order valence-corrected chi connectivity index (χ3v) is 10.7. The summed E-state index contributed by atoms with van der Waals surface area (Å²) in [6, 6.07) is 10.7. The van der Waals surface area contributed by atoms with Gasteiger partial charge in [0.2, 0.25) is 23.5 Å². The van der Waals surface area contributed by atoms with E-state index in [0.717, 1.165) is 40.8 Å². The Balaban J connectivity index is 1.26. The Bertz CT molecular complexity index is 1740. The van der Waals surface area contributed by atoms with Gasteiger partial charge in [-0.3, -0.25) is 24.0 Å². The normalized spacial score (nSPS) is 25.0. The van der Waals surface area contributed by atoms with Gasteiger partial charge in [-0.15, -0.1) is 0 Å². The molecule has 1 unspecified atom stereocenters. The predicted octanol–water partition coefficient (Wildman–Crippen LogP) is 3.45. The number of hydrogen-bond donors (Lipinski definition) is 3. The van der Waals surface area contributed by atoms with Crippen molar-refractivity contribution in [3.05, 3.63) is 64.7 Å². The molecule has 0 aromatic heterocycles. The van der Waals surface area contributed by atoms with Crippen LogP contribution in [0.4, 0.5) is 0 Å². The minimum atomic E-state index is -1.12. The van der Waals surface area contributed by atoms with E-state index in [4.69, 9.17) is 15.3 Å². The molecule has 2 aromatic rings. The molecular weight excluding hydrogens is 650 g/mol. The van der Waals surface area contributed by atoms with E-state index in [1.54, 1.807) is 7.11 Å². The minimum Gasteiger partial charge on any atom is -0.496 e. The highest BCUT2D eigenvalue weighted by Gasteiger charge is 2.56. The molecule has 2 heterocycles. The highest BCUT2D eigenvalue weighted by atomic mass is 16.7. The molecule has 2 aromatic carbocycles. The van der Waals surface area contributed by atoms with Crippen LogP contribution < -0.4 is 21.1 Å². The molecule has 4 N–H and O–H groups in total. The standard InChI is InChI=1S/C39H49N5O7/c1-21-14-25(15-22(2)32(21)50-6)29-18-39(51-43-29)19-30(36(48)41-28(16-23-12-13-23)31(45)34(40)46)44(20-39)37(49)33(38(3,4)5)42-35(47)27-17-26(27)24-10-8-7-9-11-24/h7-11,14-15,23,26-28,30,33H,12-13,16-20H2,1-6H3,(H2,40,46)(H,41,48)(H,42,47)/t26?,27-,28+,30+,33-,39-/m1/s1. The number of ketones is 1. The number of likely N-dealkylation sites (tertiary alicyclic amines) is 1. The van der Waals surface area contributed by atoms with Crippen molar-refractivity contribution in [2.45, 2.75) is 103 Å². The Hall–Kier alpha value is -4.74. The van der Waals surface area contributed by atoms with Crippen molar-refractivity contribution in [2.24, 2.45) is 28.1 Å². The Morgan fingerprint density at radius 3 is 2.29 bits per heavy atom. The number of Topliss-reactive ketones (excluding diaryl/α,β-unsaturated/α-hetero) is 1. The Morgan fingerprint density at radius 2 is 1.71 bits per heavy atom. The zero-order chi connectivity index (χ0) is 36.8. The molecule has 2 saturated carbocycles. The van der Waals surface area contributed by atoms with E-state index >= 15 is 0 Å². The first kappa shape index (κ1) is 36.1. The number of hydrogen-bond acceptors (Lipinski definition) is 8. The van der Waals surface area contributed by atoms with E-state index in [1.807, 2.05) is 77.1 Å². The number of methoxy groups -OCH3 is 1. The number of oxime groups is 1. The van der Waals surface area contributed by atoms with E-state index in [2.05, 4.69) is 15.8 Å². The van der Waals surface area contributed by atoms with E-state index in [1.165, 1.54) is 4.90 Å². The van der Waals surface area contributed by atoms with Crippen molar-refractivity contribution < 1.29 is 33.5 Å². The van der Waals surface area contributed by atoms with Crippen LogP contribution in [0.5, 0.6) is 5.75 Å². The second-order valence-electron chi connectivity index (χ2n) is 16.0. The quantitative estimate of drug-likeness (QED) is 0.285. The molecule has 1 spiro atoms. The molecule has 12 heteroatoms. The van der Waals surface area contributed by atoms with Crippen LogP contribution in [-0.2, 0) is 28.8 Å². The second kappa shape index (κ2) is 13.8. The summed E-state index contributed by atoms with van der Waals surface area (Å²) in [5.74, 6) is -2.41. The number of carbonyl (C=O) groups excluding carboxylic acids is 5. The summed E-state index contributed by atoms with van der Waals surface area (Å²) in [6.07, 6.45) is 3.19. The lowest BCUT2D eigenvalue weighted by atomic mass is 9.85. The first-order valence-corrected chi connectivity index (χ1v) is 17.8. The maximum Gasteiger partial charge on any atom is 0.287 e. The van der Waals surface area contributed by atoms with Crippen molar-refractivity contribution in [3.63, 3.8) is 0 Å². The van der Waals surface area contributed by atoms with Gasteiger partial charge in [0.1, 0.15) is 17.8 Å². The lowest BCUT2D eigenvalue weighted by Crippen LogP contribution is -2.59. The van der Waals surface area contributed by atoms with Crippen LogP contribution in [0, 0.1) is 31.1 Å². The fraction of sp³-hybridized carbons (Fsp3) is 0.538. The maximum atomic E-state index is 14.7. The average Bonchev–Trinajstić information content (AvgIpc) is 4.00. The molecule has 3 fully saturated rings. The molecule has 12 nitrogen and oxygen atoms in total. The fourth-order valence-corrected chi connectivity index (χ4v) is 7.70. The molecule has 4 amide bonds. The summed E-state index contributed by atoms with van der Waals surface area (Å²) >= 11 is 0. The van der Waals surface area contributed by atoms with E-state index in [-0.39, 0.29) is 36.6 Å². The summed E-state index contributed by atoms with van der Waals surface area (Å²) in [5.41, 5.74) is 8.10. The highest BCUT2D eigenvalue weighted by molar-refractivity contribution is 6.37. The molecule has 6 rings (SSSR count). The number of amides is 4. The zero-order valence-corrected chi connectivity index (χ0v) is 30.3. The average molecular weight is 700 g/mol. The van der Waals surface area contributed by atoms with Gasteiger partial charge in [0.15, 0.2) is 5.60 Å². The maximum absolute atomic E-state index is 14.7. The first-order valence-electron chi connectivity index (χ1n) is 17.8. The number of benzene rings is 2. The van der Waals surface area contributed by atoms with Gasteiger partial charge in [0.05, 0.1) is 25.4 Å². The predicted molar refractivity (Wildman–Crippen MR) is 190 cm³/mol. The topological polar surface area (TPSA) is 169 Å². The van der Waals surface area contributed by atoms with E-state index in [9.17, 15) is 24.0 Å². The van der Waals surface area contributed by atoms with Gasteiger partial charge >= 0.3 is 0 Å². The van der Waals surface area contributed by atoms with Crippen molar-refractivity contribution in [1.82, 2.24) is 15.5 Å². The molecule has 2 aliphatic heterocycles. The summed E-state index contributed by atoms with van der Waals surface area (Å²) in [4.78, 5) is 74.8. The number of primary amides is 1. The molecule has 272 valence electrons. The number of nitrogens with one attached hydrogen (secondary N) is 2. The van der Waals surface area contributed by atoms with Crippen LogP contribution in [0.25, 0.3) is 0 Å². The summed E-state index contributed by atoms with van der Waals surface area (Å²) < 4.78 is 5.54. The van der Waals surface area contributed by atoms with Crippen LogP contribution in [0.3, 0.4) is 0 Å². The second-order valence-corrected chi connectivity index (χ2v) is 16.0. The number of nitrogens with zero attached hydrogens (tertiary/aromatic N) is 2. The van der Waals surface area contributed by atoms with Gasteiger partial charge in [-0.25, -0.2) is 0 Å². The van der Waals surface area contributed by atoms with Crippen LogP contribution in [-0.4, -0.2) is 77.4 Å². The molecule has 1 saturated heterocycles. The van der Waals surface area contributed by atoms with Gasteiger partial charge in [-0.2, -0.15) is 0 Å². The minimum absolute atomic E-state index is 0.0284. The molecule has 2 aliphatic carbocycles. The number of rotatable bonds is 12. The first-order chi connectivity index (χ1) is 24.1. The SMILES string of the molecule is COc1c(C)cc(C2=NO[C@]3(C2)C[C@@H](C(=O)N[C@@H](CC2CC2)C(=O)C(N)=O)N(C(=O)[C@@H](NC(=O)[C@@H]2CC2c2ccccc2)C(C)(C)C)C3)cc1C. The van der Waals surface area contributed by atoms with Crippen molar-refractivity contribution in [2.75, 3.05) is 13.7 Å². The third-order valence-electron chi connectivity index (χ3n) is 10.7. The van der Waals surface area contributed by atoms with Gasteiger partial charge in [-0.1, -0.05) is 69.1 Å². The Kier molecular flexibility index (Phi) is 9.73. The number of nitrogens with two attached hydrogens (primary N) is 1. The zero-order valence-electron chi connectivity index (χ0n) is 30.3. The summed E-state index contributed by atoms with van der Waals surface area (Å²) in [7, 11) is 1.63. The molecule has 4 aliphatic rings. The number of carbonyl (C=O) groups is 5. The van der Waals surface area contributed by atoms with Gasteiger partial charge < -0.3 is 30.8 Å². The number of aryl methyl sites for hydroxylation is 2. The monoisotopic (exact) mass is 699 g/mol. The molecule has 0 bridgehead atoms. The number of ether oxygens (including phenoxy) is 1. The highest BCUT2D eigenvalue weighted by Crippen LogP contribution is 2.48. The largest absolute Gasteiger partial charge is 0.496 e. The van der Waals surface area contributed by atoms with Gasteiger partial charge in [0, 0.05) is 24.3 Å². The smallest absolute Gasteiger partial charge is 0.287 e. The van der Waals surface area contributed by atoms with E-state index in [0.29, 0.717) is 25.0 Å². The molecule has 6 atom stereocenters. The molecular formula is C39H49N5O7. The van der Waals surface area contributed by atoms with Gasteiger partial charge in [-0.05, 0) is 72.8 Å². The third kappa shape index (κ3) is 7.64. The van der Waals surface area contributed by atoms with Crippen molar-refractivity contribution in [3.8, 4) is 5.75 Å². The van der Waals surface area contributed by atoms with Crippen molar-refractivity contribution in [1.29, 1.82) is 0 Å². The van der Waals surface area contributed by atoms with Gasteiger partial charge in [0.25, 0.3) is 5.91 Å². The molecule has 51 heavy (non-hydrogen) atoms. The Morgan fingerprint density at radius 1 is 1.04 bits per heavy atom. The molecule has 0 radical (unpaired) electrons. The van der Waals surface area contributed by atoms with Crippen LogP contribution in [0.15, 0.2) is 47.6 Å². The van der Waals surface area contributed by atoms with Crippen molar-refractivity contribution >= 4 is 35.1 Å². The summed E-state index contributed by atoms with van der Waals surface area (Å²) in [5, 5.41) is 10.3. The lowest BCUT2D eigenvalue weighted by Gasteiger charge is -2.35. The van der Waals surface area contributed by atoms with Crippen LogP contribution in [0.2, 0.25) is 0 Å². The Labute approximate surface area is 298 Å². The lowest BCUT2D eigenvalue weighted by molar-refractivity contribution is -0.145. The fourth-order valence-electron chi connectivity index (χ4n) is 7.70. The summed E-state index contributed by atoms with van der Waals surface area (Å²) in [6.45, 7) is 9.55. The van der Waals surface area contributed by atoms with Crippen LogP contribution in [0.1, 0.15) is 87.5 Å². The van der Waals surface area contributed by atoms with E-state index < -0.39 is 52.6 Å².